The average molecular weight is 258 g/mol. The maximum atomic E-state index is 11.1. The number of carboxylic acids is 1. The first-order valence-electron chi connectivity index (χ1n) is 5.55. The van der Waals surface area contributed by atoms with Crippen LogP contribution in [-0.4, -0.2) is 35.2 Å². The molecule has 0 aromatic carbocycles. The Morgan fingerprint density at radius 2 is 2.35 bits per heavy atom. The van der Waals surface area contributed by atoms with E-state index >= 15 is 0 Å². The maximum Gasteiger partial charge on any atom is 0.340 e. The normalized spacial score (nSPS) is 12.4. The Morgan fingerprint density at radius 1 is 1.65 bits per heavy atom. The van der Waals surface area contributed by atoms with Gasteiger partial charge in [-0.25, -0.2) is 4.79 Å². The van der Waals surface area contributed by atoms with Crippen molar-refractivity contribution >= 4 is 22.5 Å². The van der Waals surface area contributed by atoms with E-state index in [1.807, 2.05) is 0 Å². The Hall–Kier alpha value is -1.14. The molecule has 1 rings (SSSR count). The molecule has 1 heterocycles. The number of carbonyl (C=O) groups is 1. The molecule has 2 N–H and O–H groups in total. The minimum Gasteiger partial charge on any atom is -0.478 e. The molecule has 6 heteroatoms. The van der Waals surface area contributed by atoms with Gasteiger partial charge in [0, 0.05) is 7.11 Å². The van der Waals surface area contributed by atoms with Crippen molar-refractivity contribution in [2.45, 2.75) is 32.7 Å². The third kappa shape index (κ3) is 3.67. The van der Waals surface area contributed by atoms with E-state index < -0.39 is 5.97 Å². The fraction of sp³-hybridized carbons (Fsp3) is 0.636. The summed E-state index contributed by atoms with van der Waals surface area (Å²) >= 11 is 1.19. The van der Waals surface area contributed by atoms with Gasteiger partial charge in [0.1, 0.15) is 10.6 Å². The Kier molecular flexibility index (Phi) is 5.37. The second kappa shape index (κ2) is 6.56. The molecule has 0 fully saturated rings. The highest BCUT2D eigenvalue weighted by atomic mass is 32.1. The number of anilines is 1. The van der Waals surface area contributed by atoms with Crippen LogP contribution < -0.4 is 5.32 Å². The summed E-state index contributed by atoms with van der Waals surface area (Å²) < 4.78 is 9.18. The monoisotopic (exact) mass is 258 g/mol. The van der Waals surface area contributed by atoms with Crippen LogP contribution in [0.1, 0.15) is 35.8 Å². The Morgan fingerprint density at radius 3 is 2.88 bits per heavy atom. The second-order valence-corrected chi connectivity index (χ2v) is 4.64. The summed E-state index contributed by atoms with van der Waals surface area (Å²) in [5, 5.41) is 12.9. The molecule has 0 saturated heterocycles. The van der Waals surface area contributed by atoms with Gasteiger partial charge in [0.15, 0.2) is 0 Å². The van der Waals surface area contributed by atoms with Crippen molar-refractivity contribution in [3.8, 4) is 0 Å². The average Bonchev–Trinajstić information content (AvgIpc) is 2.60. The lowest BCUT2D eigenvalue weighted by Crippen LogP contribution is -2.25. The summed E-state index contributed by atoms with van der Waals surface area (Å²) in [6.07, 6.45) is 1.95. The van der Waals surface area contributed by atoms with Crippen LogP contribution in [0.3, 0.4) is 0 Å². The van der Waals surface area contributed by atoms with Gasteiger partial charge >= 0.3 is 5.97 Å². The van der Waals surface area contributed by atoms with Crippen LogP contribution in [0, 0.1) is 6.92 Å². The van der Waals surface area contributed by atoms with E-state index in [0.29, 0.717) is 17.3 Å². The number of aromatic carboxylic acids is 1. The van der Waals surface area contributed by atoms with Crippen LogP contribution in [0.2, 0.25) is 0 Å². The number of hydrogen-bond acceptors (Lipinski definition) is 5. The van der Waals surface area contributed by atoms with Crippen LogP contribution in [0.25, 0.3) is 0 Å². The van der Waals surface area contributed by atoms with E-state index in [1.54, 1.807) is 14.0 Å². The molecule has 0 aliphatic carbocycles. The number of aryl methyl sites for hydroxylation is 1. The third-order valence-corrected chi connectivity index (χ3v) is 3.29. The lowest BCUT2D eigenvalue weighted by atomic mass is 10.1. The lowest BCUT2D eigenvalue weighted by molar-refractivity contribution is 0.0697. The van der Waals surface area contributed by atoms with Crippen LogP contribution in [0.15, 0.2) is 0 Å². The molecular weight excluding hydrogens is 240 g/mol. The highest BCUT2D eigenvalue weighted by Gasteiger charge is 2.19. The summed E-state index contributed by atoms with van der Waals surface area (Å²) in [5.74, 6) is -0.939. The molecule has 0 spiro atoms. The largest absolute Gasteiger partial charge is 0.478 e. The van der Waals surface area contributed by atoms with Gasteiger partial charge < -0.3 is 15.2 Å². The van der Waals surface area contributed by atoms with E-state index in [2.05, 4.69) is 16.6 Å². The molecule has 1 aromatic heterocycles. The maximum absolute atomic E-state index is 11.1. The fourth-order valence-corrected chi connectivity index (χ4v) is 2.52. The minimum absolute atomic E-state index is 0.128. The van der Waals surface area contributed by atoms with Gasteiger partial charge in [-0.3, -0.25) is 0 Å². The number of nitrogens with one attached hydrogen (secondary N) is 1. The molecule has 0 aliphatic rings. The SMILES string of the molecule is CCCC(COC)Nc1snc(C)c1C(=O)O. The van der Waals surface area contributed by atoms with Crippen LogP contribution in [0.5, 0.6) is 0 Å². The molecule has 0 saturated carbocycles. The fourth-order valence-electron chi connectivity index (χ4n) is 1.65. The summed E-state index contributed by atoms with van der Waals surface area (Å²) in [4.78, 5) is 11.1. The van der Waals surface area contributed by atoms with Crippen molar-refractivity contribution in [1.29, 1.82) is 0 Å². The van der Waals surface area contributed by atoms with Gasteiger partial charge in [-0.05, 0) is 24.9 Å². The minimum atomic E-state index is -0.939. The summed E-state index contributed by atoms with van der Waals surface area (Å²) in [5.41, 5.74) is 0.824. The number of rotatable bonds is 7. The number of ether oxygens (including phenoxy) is 1. The summed E-state index contributed by atoms with van der Waals surface area (Å²) in [7, 11) is 1.64. The zero-order chi connectivity index (χ0) is 12.8. The number of aromatic nitrogens is 1. The number of methoxy groups -OCH3 is 1. The van der Waals surface area contributed by atoms with E-state index in [1.165, 1.54) is 11.5 Å². The third-order valence-electron chi connectivity index (χ3n) is 2.42. The van der Waals surface area contributed by atoms with Gasteiger partial charge in [-0.15, -0.1) is 0 Å². The molecule has 17 heavy (non-hydrogen) atoms. The van der Waals surface area contributed by atoms with Crippen molar-refractivity contribution in [3.63, 3.8) is 0 Å². The quantitative estimate of drug-likeness (QED) is 0.785. The molecule has 0 aliphatic heterocycles. The zero-order valence-electron chi connectivity index (χ0n) is 10.3. The zero-order valence-corrected chi connectivity index (χ0v) is 11.1. The van der Waals surface area contributed by atoms with Crippen molar-refractivity contribution in [1.82, 2.24) is 4.37 Å². The van der Waals surface area contributed by atoms with E-state index in [0.717, 1.165) is 12.8 Å². The van der Waals surface area contributed by atoms with E-state index in [-0.39, 0.29) is 11.6 Å². The van der Waals surface area contributed by atoms with Gasteiger partial charge in [0.2, 0.25) is 0 Å². The highest BCUT2D eigenvalue weighted by molar-refractivity contribution is 7.10. The van der Waals surface area contributed by atoms with Crippen molar-refractivity contribution in [3.05, 3.63) is 11.3 Å². The Labute approximate surface area is 105 Å². The van der Waals surface area contributed by atoms with Gasteiger partial charge in [0.05, 0.1) is 18.3 Å². The second-order valence-electron chi connectivity index (χ2n) is 3.86. The summed E-state index contributed by atoms with van der Waals surface area (Å²) in [6.45, 7) is 4.35. The molecule has 0 amide bonds. The van der Waals surface area contributed by atoms with Crippen LogP contribution in [-0.2, 0) is 4.74 Å². The number of carboxylic acid groups (broad SMARTS) is 1. The van der Waals surface area contributed by atoms with E-state index in [9.17, 15) is 4.79 Å². The Bertz CT molecular complexity index is 373. The van der Waals surface area contributed by atoms with Gasteiger partial charge in [0.25, 0.3) is 0 Å². The van der Waals surface area contributed by atoms with E-state index in [4.69, 9.17) is 9.84 Å². The molecule has 1 unspecified atom stereocenters. The summed E-state index contributed by atoms with van der Waals surface area (Å²) in [6, 6.07) is 0.128. The van der Waals surface area contributed by atoms with Crippen molar-refractivity contribution in [2.75, 3.05) is 19.0 Å². The molecule has 5 nitrogen and oxygen atoms in total. The lowest BCUT2D eigenvalue weighted by Gasteiger charge is -2.17. The number of hydrogen-bond donors (Lipinski definition) is 2. The molecule has 96 valence electrons. The molecular formula is C11H18N2O3S. The topological polar surface area (TPSA) is 71.5 Å². The molecule has 0 radical (unpaired) electrons. The highest BCUT2D eigenvalue weighted by Crippen LogP contribution is 2.25. The van der Waals surface area contributed by atoms with Crippen LogP contribution in [0.4, 0.5) is 5.00 Å². The molecule has 1 aromatic rings. The first-order chi connectivity index (χ1) is 8.10. The Balaban J connectivity index is 2.81. The first kappa shape index (κ1) is 13.9. The van der Waals surface area contributed by atoms with Gasteiger partial charge in [-0.1, -0.05) is 13.3 Å². The van der Waals surface area contributed by atoms with Crippen molar-refractivity contribution < 1.29 is 14.6 Å². The predicted octanol–water partition coefficient (Wildman–Crippen LogP) is 2.38. The van der Waals surface area contributed by atoms with Gasteiger partial charge in [-0.2, -0.15) is 4.37 Å². The smallest absolute Gasteiger partial charge is 0.340 e. The van der Waals surface area contributed by atoms with Crippen LogP contribution >= 0.6 is 11.5 Å². The predicted molar refractivity (Wildman–Crippen MR) is 68.0 cm³/mol. The first-order valence-corrected chi connectivity index (χ1v) is 6.32. The number of nitrogens with zero attached hydrogens (tertiary/aromatic N) is 1. The van der Waals surface area contributed by atoms with Crippen molar-refractivity contribution in [2.24, 2.45) is 0 Å². The standard InChI is InChI=1S/C11H18N2O3S/c1-4-5-8(6-16-3)12-10-9(11(14)15)7(2)13-17-10/h8,12H,4-6H2,1-3H3,(H,14,15). The molecule has 0 bridgehead atoms. The molecule has 1 atom stereocenters.